The minimum absolute atomic E-state index is 0.147. The second kappa shape index (κ2) is 6.33. The Kier molecular flexibility index (Phi) is 4.35. The molecular formula is C14H13FN6O2S2. The van der Waals surface area contributed by atoms with E-state index < -0.39 is 15.7 Å². The van der Waals surface area contributed by atoms with Gasteiger partial charge in [-0.05, 0) is 25.1 Å². The largest absolute Gasteiger partial charge is 0.383 e. The van der Waals surface area contributed by atoms with Gasteiger partial charge >= 0.3 is 0 Å². The number of halogens is 1. The summed E-state index contributed by atoms with van der Waals surface area (Å²) >= 11 is 1.36. The molecule has 2 aromatic heterocycles. The van der Waals surface area contributed by atoms with Crippen molar-refractivity contribution in [3.05, 3.63) is 35.2 Å². The Balaban J connectivity index is 1.87. The number of hydrogen-bond donors (Lipinski definition) is 2. The number of nitrogens with zero attached hydrogens (tertiary/aromatic N) is 4. The molecular weight excluding hydrogens is 367 g/mol. The number of sulfone groups is 1. The smallest absolute Gasteiger partial charge is 0.229 e. The Bertz CT molecular complexity index is 1050. The summed E-state index contributed by atoms with van der Waals surface area (Å²) in [6.07, 6.45) is 2.43. The highest BCUT2D eigenvalue weighted by Gasteiger charge is 2.15. The number of benzene rings is 1. The third-order valence-electron chi connectivity index (χ3n) is 3.16. The zero-order chi connectivity index (χ0) is 18.2. The van der Waals surface area contributed by atoms with Crippen LogP contribution in [0.1, 0.15) is 5.01 Å². The van der Waals surface area contributed by atoms with E-state index in [0.29, 0.717) is 16.3 Å². The maximum Gasteiger partial charge on any atom is 0.229 e. The molecule has 0 aliphatic carbocycles. The molecule has 0 spiro atoms. The number of hydrogen-bond acceptors (Lipinski definition) is 9. The summed E-state index contributed by atoms with van der Waals surface area (Å²) in [5.74, 6) is -0.516. The quantitative estimate of drug-likeness (QED) is 0.706. The molecule has 0 atom stereocenters. The summed E-state index contributed by atoms with van der Waals surface area (Å²) in [4.78, 5) is 7.85. The van der Waals surface area contributed by atoms with Crippen molar-refractivity contribution in [2.45, 2.75) is 11.8 Å². The predicted octanol–water partition coefficient (Wildman–Crippen LogP) is 2.17. The fourth-order valence-corrected chi connectivity index (χ4v) is 3.47. The van der Waals surface area contributed by atoms with E-state index in [4.69, 9.17) is 5.73 Å². The summed E-state index contributed by atoms with van der Waals surface area (Å²) in [7, 11) is -3.63. The summed E-state index contributed by atoms with van der Waals surface area (Å²) < 4.78 is 36.8. The van der Waals surface area contributed by atoms with Gasteiger partial charge in [-0.15, -0.1) is 10.2 Å². The lowest BCUT2D eigenvalue weighted by Crippen LogP contribution is -2.04. The lowest BCUT2D eigenvalue weighted by molar-refractivity contribution is 0.571. The number of rotatable bonds is 4. The third kappa shape index (κ3) is 3.72. The molecule has 25 heavy (non-hydrogen) atoms. The van der Waals surface area contributed by atoms with Crippen LogP contribution in [-0.4, -0.2) is 34.8 Å². The number of anilines is 3. The van der Waals surface area contributed by atoms with Crippen LogP contribution in [0.25, 0.3) is 10.6 Å². The van der Waals surface area contributed by atoms with Gasteiger partial charge in [0.15, 0.2) is 14.8 Å². The van der Waals surface area contributed by atoms with Gasteiger partial charge in [0.1, 0.15) is 21.5 Å². The van der Waals surface area contributed by atoms with E-state index in [2.05, 4.69) is 25.5 Å². The molecule has 3 aromatic rings. The molecule has 8 nitrogen and oxygen atoms in total. The molecule has 0 bridgehead atoms. The molecule has 0 radical (unpaired) electrons. The van der Waals surface area contributed by atoms with E-state index in [1.54, 1.807) is 0 Å². The normalized spacial score (nSPS) is 11.5. The minimum Gasteiger partial charge on any atom is -0.383 e. The molecule has 3 rings (SSSR count). The zero-order valence-electron chi connectivity index (χ0n) is 13.2. The van der Waals surface area contributed by atoms with Crippen LogP contribution in [0.2, 0.25) is 0 Å². The molecule has 1 aromatic carbocycles. The summed E-state index contributed by atoms with van der Waals surface area (Å²) in [5.41, 5.74) is 6.77. The van der Waals surface area contributed by atoms with Crippen LogP contribution in [0.3, 0.4) is 0 Å². The van der Waals surface area contributed by atoms with E-state index in [1.165, 1.54) is 29.7 Å². The first-order valence-electron chi connectivity index (χ1n) is 6.93. The highest BCUT2D eigenvalue weighted by molar-refractivity contribution is 7.90. The van der Waals surface area contributed by atoms with Gasteiger partial charge in [0.25, 0.3) is 0 Å². The van der Waals surface area contributed by atoms with E-state index in [9.17, 15) is 12.8 Å². The average Bonchev–Trinajstić information content (AvgIpc) is 2.92. The fourth-order valence-electron chi connectivity index (χ4n) is 2.03. The van der Waals surface area contributed by atoms with Crippen molar-refractivity contribution < 1.29 is 12.8 Å². The van der Waals surface area contributed by atoms with Gasteiger partial charge in [-0.2, -0.15) is 4.98 Å². The van der Waals surface area contributed by atoms with E-state index >= 15 is 0 Å². The summed E-state index contributed by atoms with van der Waals surface area (Å²) in [6, 6.07) is 3.65. The maximum atomic E-state index is 13.9. The van der Waals surface area contributed by atoms with Crippen LogP contribution in [0.5, 0.6) is 0 Å². The lowest BCUT2D eigenvalue weighted by Gasteiger charge is -2.08. The molecule has 130 valence electrons. The van der Waals surface area contributed by atoms with Crippen molar-refractivity contribution in [1.29, 1.82) is 0 Å². The molecule has 0 fully saturated rings. The summed E-state index contributed by atoms with van der Waals surface area (Å²) in [5, 5.41) is 12.1. The van der Waals surface area contributed by atoms with Crippen molar-refractivity contribution in [3.63, 3.8) is 0 Å². The van der Waals surface area contributed by atoms with Crippen molar-refractivity contribution >= 4 is 38.6 Å². The van der Waals surface area contributed by atoms with Crippen LogP contribution in [0, 0.1) is 12.7 Å². The highest BCUT2D eigenvalue weighted by Crippen LogP contribution is 2.28. The molecule has 2 heterocycles. The Morgan fingerprint density at radius 1 is 1.28 bits per heavy atom. The van der Waals surface area contributed by atoms with Gasteiger partial charge in [-0.25, -0.2) is 17.8 Å². The second-order valence-corrected chi connectivity index (χ2v) is 8.33. The van der Waals surface area contributed by atoms with Gasteiger partial charge in [0.2, 0.25) is 5.95 Å². The number of aromatic nitrogens is 4. The van der Waals surface area contributed by atoms with Crippen LogP contribution in [0.15, 0.2) is 29.3 Å². The molecule has 0 unspecified atom stereocenters. The van der Waals surface area contributed by atoms with Crippen molar-refractivity contribution in [2.24, 2.45) is 0 Å². The van der Waals surface area contributed by atoms with Crippen molar-refractivity contribution in [3.8, 4) is 10.6 Å². The number of aryl methyl sites for hydroxylation is 1. The monoisotopic (exact) mass is 380 g/mol. The molecule has 0 aliphatic rings. The van der Waals surface area contributed by atoms with Gasteiger partial charge in [-0.3, -0.25) is 0 Å². The van der Waals surface area contributed by atoms with E-state index in [1.807, 2.05) is 6.92 Å². The van der Waals surface area contributed by atoms with E-state index in [-0.39, 0.29) is 16.7 Å². The Morgan fingerprint density at radius 2 is 2.04 bits per heavy atom. The number of nitrogen functional groups attached to an aromatic ring is 1. The molecule has 0 saturated carbocycles. The lowest BCUT2D eigenvalue weighted by atomic mass is 10.3. The topological polar surface area (TPSA) is 124 Å². The van der Waals surface area contributed by atoms with Crippen LogP contribution < -0.4 is 11.1 Å². The summed E-state index contributed by atoms with van der Waals surface area (Å²) in [6.45, 7) is 1.82. The van der Waals surface area contributed by atoms with Gasteiger partial charge in [0, 0.05) is 18.1 Å². The number of nitrogens with one attached hydrogen (secondary N) is 1. The standard InChI is InChI=1S/C14H13FN6O2S2/c1-7-20-21-13(24-7)9-6-17-14(19-12(9)16)18-8-3-4-11(10(15)5-8)25(2,22)23/h3-6H,1-2H3,(H3,16,17,18,19). The first kappa shape index (κ1) is 17.2. The van der Waals surface area contributed by atoms with E-state index in [0.717, 1.165) is 17.3 Å². The highest BCUT2D eigenvalue weighted by atomic mass is 32.2. The molecule has 0 saturated heterocycles. The Morgan fingerprint density at radius 3 is 2.60 bits per heavy atom. The maximum absolute atomic E-state index is 13.9. The first-order valence-corrected chi connectivity index (χ1v) is 9.64. The van der Waals surface area contributed by atoms with Crippen molar-refractivity contribution in [2.75, 3.05) is 17.3 Å². The minimum atomic E-state index is -3.63. The van der Waals surface area contributed by atoms with Gasteiger partial charge < -0.3 is 11.1 Å². The molecule has 0 aliphatic heterocycles. The van der Waals surface area contributed by atoms with Gasteiger partial charge in [-0.1, -0.05) is 11.3 Å². The average molecular weight is 380 g/mol. The van der Waals surface area contributed by atoms with Crippen molar-refractivity contribution in [1.82, 2.24) is 20.2 Å². The predicted molar refractivity (Wildman–Crippen MR) is 92.9 cm³/mol. The van der Waals surface area contributed by atoms with Gasteiger partial charge in [0.05, 0.1) is 5.56 Å². The Hall–Kier alpha value is -2.66. The second-order valence-electron chi connectivity index (χ2n) is 5.16. The van der Waals surface area contributed by atoms with Crippen LogP contribution in [0.4, 0.5) is 21.8 Å². The zero-order valence-corrected chi connectivity index (χ0v) is 14.8. The van der Waals surface area contributed by atoms with Crippen LogP contribution in [-0.2, 0) is 9.84 Å². The SMILES string of the molecule is Cc1nnc(-c2cnc(Nc3ccc(S(C)(=O)=O)c(F)c3)nc2N)s1. The fraction of sp³-hybridized carbons (Fsp3) is 0.143. The molecule has 0 amide bonds. The van der Waals surface area contributed by atoms with Crippen LogP contribution >= 0.6 is 11.3 Å². The Labute approximate surface area is 146 Å². The first-order chi connectivity index (χ1) is 11.7. The third-order valence-corrected chi connectivity index (χ3v) is 5.16. The molecule has 11 heteroatoms. The molecule has 3 N–H and O–H groups in total. The number of nitrogens with two attached hydrogens (primary N) is 1.